The molecule has 0 aliphatic carbocycles. The van der Waals surface area contributed by atoms with Gasteiger partial charge in [-0.05, 0) is 19.1 Å². The minimum Gasteiger partial charge on any atom is -0.359 e. The lowest BCUT2D eigenvalue weighted by molar-refractivity contribution is 0.831. The van der Waals surface area contributed by atoms with E-state index in [0.717, 1.165) is 11.3 Å². The summed E-state index contributed by atoms with van der Waals surface area (Å²) in [6.45, 7) is 2.02. The van der Waals surface area contributed by atoms with E-state index in [1.807, 2.05) is 35.7 Å². The van der Waals surface area contributed by atoms with Gasteiger partial charge in [0.15, 0.2) is 17.3 Å². The molecule has 7 heteroatoms. The number of fused-ring (bicyclic) bond motifs is 1. The Kier molecular flexibility index (Phi) is 3.18. The van der Waals surface area contributed by atoms with Crippen molar-refractivity contribution in [3.63, 3.8) is 0 Å². The van der Waals surface area contributed by atoms with Crippen LogP contribution in [0.15, 0.2) is 43.0 Å². The molecule has 20 heavy (non-hydrogen) atoms. The normalized spacial score (nSPS) is 12.3. The Morgan fingerprint density at radius 1 is 1.25 bits per heavy atom. The molecule has 4 N–H and O–H groups in total. The number of aromatic nitrogens is 4. The summed E-state index contributed by atoms with van der Waals surface area (Å²) >= 11 is 0. The van der Waals surface area contributed by atoms with Gasteiger partial charge in [-0.25, -0.2) is 15.8 Å². The zero-order chi connectivity index (χ0) is 13.9. The van der Waals surface area contributed by atoms with Crippen molar-refractivity contribution in [3.8, 4) is 0 Å². The summed E-state index contributed by atoms with van der Waals surface area (Å²) in [5.41, 5.74) is 4.22. The first-order valence-electron chi connectivity index (χ1n) is 6.25. The van der Waals surface area contributed by atoms with Gasteiger partial charge in [-0.2, -0.15) is 0 Å². The third-order valence-electron chi connectivity index (χ3n) is 3.01. The molecule has 0 bridgehead atoms. The summed E-state index contributed by atoms with van der Waals surface area (Å²) in [6, 6.07) is 5.82. The Labute approximate surface area is 115 Å². The molecule has 0 saturated heterocycles. The van der Waals surface area contributed by atoms with Gasteiger partial charge in [0.05, 0.1) is 17.9 Å². The fourth-order valence-electron chi connectivity index (χ4n) is 2.01. The SMILES string of the molecule is CC(Nc1nc(NN)cn2ccnc12)c1ccccn1. The molecular formula is C13H15N7. The molecule has 0 aromatic carbocycles. The van der Waals surface area contributed by atoms with Crippen molar-refractivity contribution in [2.45, 2.75) is 13.0 Å². The Hall–Kier alpha value is -2.67. The molecular weight excluding hydrogens is 254 g/mol. The highest BCUT2D eigenvalue weighted by Crippen LogP contribution is 2.21. The predicted octanol–water partition coefficient (Wildman–Crippen LogP) is 1.58. The molecule has 3 aromatic rings. The monoisotopic (exact) mass is 269 g/mol. The lowest BCUT2D eigenvalue weighted by Gasteiger charge is -2.15. The van der Waals surface area contributed by atoms with Crippen molar-refractivity contribution in [1.29, 1.82) is 0 Å². The number of rotatable bonds is 4. The first kappa shape index (κ1) is 12.4. The van der Waals surface area contributed by atoms with Crippen LogP contribution in [0.2, 0.25) is 0 Å². The number of hydrogen-bond donors (Lipinski definition) is 3. The number of imidazole rings is 1. The van der Waals surface area contributed by atoms with Crippen molar-refractivity contribution in [2.24, 2.45) is 5.84 Å². The van der Waals surface area contributed by atoms with Gasteiger partial charge in [0, 0.05) is 18.6 Å². The van der Waals surface area contributed by atoms with Crippen LogP contribution in [0, 0.1) is 0 Å². The van der Waals surface area contributed by atoms with Crippen molar-refractivity contribution in [1.82, 2.24) is 19.4 Å². The lowest BCUT2D eigenvalue weighted by Crippen LogP contribution is -2.14. The molecule has 0 fully saturated rings. The average Bonchev–Trinajstić information content (AvgIpc) is 2.96. The van der Waals surface area contributed by atoms with Crippen molar-refractivity contribution >= 4 is 17.3 Å². The Morgan fingerprint density at radius 2 is 2.15 bits per heavy atom. The van der Waals surface area contributed by atoms with Crippen molar-refractivity contribution < 1.29 is 0 Å². The maximum absolute atomic E-state index is 5.43. The highest BCUT2D eigenvalue weighted by Gasteiger charge is 2.12. The van der Waals surface area contributed by atoms with Gasteiger partial charge < -0.3 is 15.1 Å². The maximum Gasteiger partial charge on any atom is 0.180 e. The zero-order valence-electron chi connectivity index (χ0n) is 11.0. The minimum atomic E-state index is 0.0113. The number of hydrazine groups is 1. The highest BCUT2D eigenvalue weighted by atomic mass is 15.3. The highest BCUT2D eigenvalue weighted by molar-refractivity contribution is 5.65. The van der Waals surface area contributed by atoms with Gasteiger partial charge in [-0.15, -0.1) is 0 Å². The molecule has 3 heterocycles. The second kappa shape index (κ2) is 5.14. The summed E-state index contributed by atoms with van der Waals surface area (Å²) in [7, 11) is 0. The van der Waals surface area contributed by atoms with Crippen molar-refractivity contribution in [3.05, 3.63) is 48.7 Å². The summed E-state index contributed by atoms with van der Waals surface area (Å²) < 4.78 is 1.86. The zero-order valence-corrected chi connectivity index (χ0v) is 11.0. The van der Waals surface area contributed by atoms with Crippen LogP contribution >= 0.6 is 0 Å². The van der Waals surface area contributed by atoms with Crippen LogP contribution in [0.5, 0.6) is 0 Å². The molecule has 3 aromatic heterocycles. The summed E-state index contributed by atoms with van der Waals surface area (Å²) in [6.07, 6.45) is 7.10. The predicted molar refractivity (Wildman–Crippen MR) is 77.1 cm³/mol. The van der Waals surface area contributed by atoms with Crippen LogP contribution in [0.4, 0.5) is 11.6 Å². The van der Waals surface area contributed by atoms with Crippen LogP contribution < -0.4 is 16.6 Å². The minimum absolute atomic E-state index is 0.0113. The molecule has 102 valence electrons. The second-order valence-corrected chi connectivity index (χ2v) is 4.40. The van der Waals surface area contributed by atoms with Gasteiger partial charge in [0.1, 0.15) is 0 Å². The third kappa shape index (κ3) is 2.26. The van der Waals surface area contributed by atoms with Crippen LogP contribution in [0.25, 0.3) is 5.65 Å². The van der Waals surface area contributed by atoms with E-state index in [2.05, 4.69) is 25.7 Å². The molecule has 0 radical (unpaired) electrons. The Balaban J connectivity index is 1.95. The van der Waals surface area contributed by atoms with Gasteiger partial charge in [-0.3, -0.25) is 4.98 Å². The molecule has 0 spiro atoms. The topological polar surface area (TPSA) is 93.2 Å². The Bertz CT molecular complexity index is 707. The average molecular weight is 269 g/mol. The van der Waals surface area contributed by atoms with Gasteiger partial charge in [-0.1, -0.05) is 6.07 Å². The number of anilines is 2. The van der Waals surface area contributed by atoms with E-state index in [1.54, 1.807) is 18.6 Å². The smallest absolute Gasteiger partial charge is 0.180 e. The van der Waals surface area contributed by atoms with Crippen LogP contribution in [-0.2, 0) is 0 Å². The molecule has 7 nitrogen and oxygen atoms in total. The van der Waals surface area contributed by atoms with E-state index in [1.165, 1.54) is 0 Å². The van der Waals surface area contributed by atoms with Gasteiger partial charge in [0.25, 0.3) is 0 Å². The summed E-state index contributed by atoms with van der Waals surface area (Å²) in [5.74, 6) is 6.65. The molecule has 0 amide bonds. The molecule has 0 saturated carbocycles. The third-order valence-corrected chi connectivity index (χ3v) is 3.01. The largest absolute Gasteiger partial charge is 0.359 e. The quantitative estimate of drug-likeness (QED) is 0.492. The van der Waals surface area contributed by atoms with Crippen LogP contribution in [-0.4, -0.2) is 19.4 Å². The first-order valence-corrected chi connectivity index (χ1v) is 6.25. The van der Waals surface area contributed by atoms with Gasteiger partial charge >= 0.3 is 0 Å². The maximum atomic E-state index is 5.43. The Morgan fingerprint density at radius 3 is 2.90 bits per heavy atom. The standard InChI is InChI=1S/C13H15N7/c1-9(10-4-2-3-5-15-10)17-12-13-16-6-7-20(13)8-11(18-12)19-14/h2-9,19H,14H2,1H3,(H,17,18). The van der Waals surface area contributed by atoms with Gasteiger partial charge in [0.2, 0.25) is 0 Å². The number of nitrogens with zero attached hydrogens (tertiary/aromatic N) is 4. The number of pyridine rings is 1. The van der Waals surface area contributed by atoms with Crippen LogP contribution in [0.3, 0.4) is 0 Å². The number of nitrogens with one attached hydrogen (secondary N) is 2. The first-order chi connectivity index (χ1) is 9.78. The van der Waals surface area contributed by atoms with E-state index in [0.29, 0.717) is 11.6 Å². The van der Waals surface area contributed by atoms with E-state index >= 15 is 0 Å². The van der Waals surface area contributed by atoms with E-state index in [-0.39, 0.29) is 6.04 Å². The lowest BCUT2D eigenvalue weighted by atomic mass is 10.2. The fraction of sp³-hybridized carbons (Fsp3) is 0.154. The number of hydrogen-bond acceptors (Lipinski definition) is 6. The molecule has 3 rings (SSSR count). The molecule has 1 unspecified atom stereocenters. The molecule has 0 aliphatic heterocycles. The van der Waals surface area contributed by atoms with Crippen LogP contribution in [0.1, 0.15) is 18.7 Å². The van der Waals surface area contributed by atoms with E-state index < -0.39 is 0 Å². The van der Waals surface area contributed by atoms with E-state index in [4.69, 9.17) is 5.84 Å². The fourth-order valence-corrected chi connectivity index (χ4v) is 2.01. The number of nitrogen functional groups attached to an aromatic ring is 1. The van der Waals surface area contributed by atoms with Crippen molar-refractivity contribution in [2.75, 3.05) is 10.7 Å². The second-order valence-electron chi connectivity index (χ2n) is 4.40. The summed E-state index contributed by atoms with van der Waals surface area (Å²) in [5, 5.41) is 3.31. The number of nitrogens with two attached hydrogens (primary N) is 1. The molecule has 1 atom stereocenters. The summed E-state index contributed by atoms with van der Waals surface area (Å²) in [4.78, 5) is 13.0. The molecule has 0 aliphatic rings. The van der Waals surface area contributed by atoms with E-state index in [9.17, 15) is 0 Å².